The van der Waals surface area contributed by atoms with Crippen LogP contribution in [0.3, 0.4) is 0 Å². The first-order valence-electron chi connectivity index (χ1n) is 8.18. The first-order chi connectivity index (χ1) is 12.4. The van der Waals surface area contributed by atoms with Gasteiger partial charge in [0.1, 0.15) is 12.3 Å². The number of nitrogens with one attached hydrogen (secondary N) is 3. The molecule has 2 aromatic rings. The molecule has 0 saturated carbocycles. The standard InChI is InChI=1S/C19H22BrN3O3/c1-13(24)21-16-5-7-17(8-6-16)22-19(25)12-23(2)11-14-10-15(20)4-9-18(14)26-3/h4-10H,11-12H2,1-3H3,(H,21,24)(H,22,25)/p+1. The molecule has 2 aromatic carbocycles. The molecular formula is C19H23BrN3O3+. The summed E-state index contributed by atoms with van der Waals surface area (Å²) >= 11 is 3.46. The van der Waals surface area contributed by atoms with Gasteiger partial charge in [-0.2, -0.15) is 0 Å². The minimum Gasteiger partial charge on any atom is -0.496 e. The fourth-order valence-corrected chi connectivity index (χ4v) is 3.00. The van der Waals surface area contributed by atoms with Crippen LogP contribution < -0.4 is 20.3 Å². The van der Waals surface area contributed by atoms with Crippen LogP contribution in [0, 0.1) is 0 Å². The van der Waals surface area contributed by atoms with E-state index in [4.69, 9.17) is 4.74 Å². The van der Waals surface area contributed by atoms with Gasteiger partial charge in [0, 0.05) is 28.3 Å². The van der Waals surface area contributed by atoms with Crippen LogP contribution in [0.15, 0.2) is 46.9 Å². The van der Waals surface area contributed by atoms with E-state index < -0.39 is 0 Å². The lowest BCUT2D eigenvalue weighted by molar-refractivity contribution is -0.885. The van der Waals surface area contributed by atoms with E-state index in [1.165, 1.54) is 6.92 Å². The third-order valence-electron chi connectivity index (χ3n) is 3.69. The highest BCUT2D eigenvalue weighted by molar-refractivity contribution is 9.10. The van der Waals surface area contributed by atoms with Crippen LogP contribution in [-0.4, -0.2) is 32.5 Å². The zero-order chi connectivity index (χ0) is 19.1. The Morgan fingerprint density at radius 3 is 2.27 bits per heavy atom. The van der Waals surface area contributed by atoms with Crippen LogP contribution in [0.1, 0.15) is 12.5 Å². The van der Waals surface area contributed by atoms with Gasteiger partial charge in [0.25, 0.3) is 5.91 Å². The number of halogens is 1. The minimum atomic E-state index is -0.130. The summed E-state index contributed by atoms with van der Waals surface area (Å²) in [5.74, 6) is 0.597. The minimum absolute atomic E-state index is 0.0799. The Morgan fingerprint density at radius 1 is 1.08 bits per heavy atom. The molecule has 0 radical (unpaired) electrons. The molecule has 0 aliphatic heterocycles. The average molecular weight is 421 g/mol. The van der Waals surface area contributed by atoms with Crippen LogP contribution in [0.2, 0.25) is 0 Å². The summed E-state index contributed by atoms with van der Waals surface area (Å²) in [6, 6.07) is 12.9. The molecule has 6 nitrogen and oxygen atoms in total. The SMILES string of the molecule is COc1ccc(Br)cc1C[NH+](C)CC(=O)Nc1ccc(NC(C)=O)cc1. The maximum atomic E-state index is 12.3. The molecule has 1 unspecified atom stereocenters. The first-order valence-corrected chi connectivity index (χ1v) is 8.98. The van der Waals surface area contributed by atoms with E-state index in [1.54, 1.807) is 31.4 Å². The van der Waals surface area contributed by atoms with Gasteiger partial charge in [0.15, 0.2) is 6.54 Å². The van der Waals surface area contributed by atoms with Crippen LogP contribution in [0.4, 0.5) is 11.4 Å². The maximum absolute atomic E-state index is 12.3. The van der Waals surface area contributed by atoms with Crippen LogP contribution in [0.5, 0.6) is 5.75 Å². The lowest BCUT2D eigenvalue weighted by Gasteiger charge is -2.16. The summed E-state index contributed by atoms with van der Waals surface area (Å²) in [6.07, 6.45) is 0. The predicted molar refractivity (Wildman–Crippen MR) is 106 cm³/mol. The summed E-state index contributed by atoms with van der Waals surface area (Å²) < 4.78 is 6.35. The van der Waals surface area contributed by atoms with Gasteiger partial charge in [-0.1, -0.05) is 15.9 Å². The number of ether oxygens (including phenoxy) is 1. The van der Waals surface area contributed by atoms with Gasteiger partial charge in [-0.25, -0.2) is 0 Å². The Morgan fingerprint density at radius 2 is 1.69 bits per heavy atom. The molecule has 2 amide bonds. The smallest absolute Gasteiger partial charge is 0.279 e. The summed E-state index contributed by atoms with van der Waals surface area (Å²) in [5, 5.41) is 5.55. The number of likely N-dealkylation sites (N-methyl/N-ethyl adjacent to an activating group) is 1. The van der Waals surface area contributed by atoms with Crippen LogP contribution >= 0.6 is 15.9 Å². The average Bonchev–Trinajstić information content (AvgIpc) is 2.56. The first kappa shape index (κ1) is 19.9. The lowest BCUT2D eigenvalue weighted by atomic mass is 10.2. The molecular weight excluding hydrogens is 398 g/mol. The van der Waals surface area contributed by atoms with Crippen molar-refractivity contribution >= 4 is 39.1 Å². The largest absolute Gasteiger partial charge is 0.496 e. The van der Waals surface area contributed by atoms with Crippen LogP contribution in [0.25, 0.3) is 0 Å². The molecule has 138 valence electrons. The van der Waals surface area contributed by atoms with E-state index in [9.17, 15) is 9.59 Å². The van der Waals surface area contributed by atoms with Crippen molar-refractivity contribution in [3.8, 4) is 5.75 Å². The highest BCUT2D eigenvalue weighted by atomic mass is 79.9. The number of anilines is 2. The van der Waals surface area contributed by atoms with Crippen molar-refractivity contribution in [2.45, 2.75) is 13.5 Å². The fraction of sp³-hybridized carbons (Fsp3) is 0.263. The molecule has 0 spiro atoms. The molecule has 0 aromatic heterocycles. The zero-order valence-corrected chi connectivity index (χ0v) is 16.6. The summed E-state index contributed by atoms with van der Waals surface area (Å²) in [7, 11) is 3.60. The molecule has 2 rings (SSSR count). The highest BCUT2D eigenvalue weighted by Crippen LogP contribution is 2.22. The highest BCUT2D eigenvalue weighted by Gasteiger charge is 2.14. The van der Waals surface area contributed by atoms with Crippen molar-refractivity contribution in [3.05, 3.63) is 52.5 Å². The summed E-state index contributed by atoms with van der Waals surface area (Å²) in [5.41, 5.74) is 2.42. The van der Waals surface area contributed by atoms with Gasteiger partial charge >= 0.3 is 0 Å². The van der Waals surface area contributed by atoms with Crippen molar-refractivity contribution in [2.24, 2.45) is 0 Å². The number of amides is 2. The number of rotatable bonds is 7. The van der Waals surface area contributed by atoms with Crippen molar-refractivity contribution in [1.29, 1.82) is 0 Å². The molecule has 3 N–H and O–H groups in total. The molecule has 0 bridgehead atoms. The molecule has 0 fully saturated rings. The van der Waals surface area contributed by atoms with Gasteiger partial charge in [-0.05, 0) is 42.5 Å². The second-order valence-corrected chi connectivity index (χ2v) is 6.99. The molecule has 0 aliphatic carbocycles. The Kier molecular flexibility index (Phi) is 7.17. The number of carbonyl (C=O) groups excluding carboxylic acids is 2. The summed E-state index contributed by atoms with van der Waals surface area (Å²) in [6.45, 7) is 2.44. The van der Waals surface area contributed by atoms with Gasteiger partial charge < -0.3 is 20.3 Å². The van der Waals surface area contributed by atoms with Crippen molar-refractivity contribution < 1.29 is 19.2 Å². The Balaban J connectivity index is 1.91. The number of benzene rings is 2. The second-order valence-electron chi connectivity index (χ2n) is 6.07. The fourth-order valence-electron chi connectivity index (χ4n) is 2.59. The lowest BCUT2D eigenvalue weighted by Crippen LogP contribution is -3.08. The third kappa shape index (κ3) is 6.16. The van der Waals surface area contributed by atoms with E-state index in [0.29, 0.717) is 24.5 Å². The second kappa shape index (κ2) is 9.35. The molecule has 0 aliphatic rings. The number of methoxy groups -OCH3 is 1. The van der Waals surface area contributed by atoms with Crippen molar-refractivity contribution in [2.75, 3.05) is 31.3 Å². The van der Waals surface area contributed by atoms with Gasteiger partial charge in [-0.3, -0.25) is 9.59 Å². The molecule has 26 heavy (non-hydrogen) atoms. The molecule has 0 saturated heterocycles. The van der Waals surface area contributed by atoms with Crippen molar-refractivity contribution in [3.63, 3.8) is 0 Å². The number of hydrogen-bond donors (Lipinski definition) is 3. The predicted octanol–water partition coefficient (Wildman–Crippen LogP) is 2.07. The number of carbonyl (C=O) groups is 2. The van der Waals surface area contributed by atoms with Crippen molar-refractivity contribution in [1.82, 2.24) is 0 Å². The van der Waals surface area contributed by atoms with E-state index in [-0.39, 0.29) is 11.8 Å². The van der Waals surface area contributed by atoms with E-state index >= 15 is 0 Å². The Bertz CT molecular complexity index is 778. The topological polar surface area (TPSA) is 71.9 Å². The van der Waals surface area contributed by atoms with E-state index in [2.05, 4.69) is 26.6 Å². The maximum Gasteiger partial charge on any atom is 0.279 e. The summed E-state index contributed by atoms with van der Waals surface area (Å²) in [4.78, 5) is 24.3. The Labute approximate surface area is 161 Å². The van der Waals surface area contributed by atoms with Gasteiger partial charge in [-0.15, -0.1) is 0 Å². The molecule has 7 heteroatoms. The van der Waals surface area contributed by atoms with E-state index in [0.717, 1.165) is 20.7 Å². The zero-order valence-electron chi connectivity index (χ0n) is 15.1. The monoisotopic (exact) mass is 420 g/mol. The van der Waals surface area contributed by atoms with Crippen LogP contribution in [-0.2, 0) is 16.1 Å². The third-order valence-corrected chi connectivity index (χ3v) is 4.18. The molecule has 0 heterocycles. The Hall–Kier alpha value is -2.38. The van der Waals surface area contributed by atoms with Gasteiger partial charge in [0.05, 0.1) is 14.2 Å². The quantitative estimate of drug-likeness (QED) is 0.641. The normalized spacial score (nSPS) is 11.5. The number of hydrogen-bond acceptors (Lipinski definition) is 3. The van der Waals surface area contributed by atoms with Gasteiger partial charge in [0.2, 0.25) is 5.91 Å². The number of quaternary nitrogens is 1. The molecule has 1 atom stereocenters. The van der Waals surface area contributed by atoms with E-state index in [1.807, 2.05) is 25.2 Å².